The summed E-state index contributed by atoms with van der Waals surface area (Å²) >= 11 is 0. The van der Waals surface area contributed by atoms with Crippen molar-refractivity contribution >= 4 is 5.78 Å². The Labute approximate surface area is 116 Å². The van der Waals surface area contributed by atoms with Gasteiger partial charge in [-0.1, -0.05) is 13.0 Å². The largest absolute Gasteiger partial charge is 0.293 e. The van der Waals surface area contributed by atoms with E-state index in [0.717, 1.165) is 17.7 Å². The molecule has 1 fully saturated rings. The van der Waals surface area contributed by atoms with Crippen molar-refractivity contribution in [2.24, 2.45) is 5.92 Å². The average molecular weight is 259 g/mol. The van der Waals surface area contributed by atoms with Gasteiger partial charge in [-0.05, 0) is 62.8 Å². The van der Waals surface area contributed by atoms with E-state index in [2.05, 4.69) is 44.7 Å². The van der Waals surface area contributed by atoms with E-state index in [1.54, 1.807) is 0 Å². The van der Waals surface area contributed by atoms with Crippen LogP contribution in [0.4, 0.5) is 0 Å². The lowest BCUT2D eigenvalue weighted by molar-refractivity contribution is 0.0924. The fourth-order valence-electron chi connectivity index (χ4n) is 3.14. The zero-order valence-corrected chi connectivity index (χ0v) is 12.8. The number of rotatable bonds is 3. The topological polar surface area (TPSA) is 20.3 Å². The summed E-state index contributed by atoms with van der Waals surface area (Å²) in [5.41, 5.74) is 4.47. The molecule has 0 amide bonds. The molecule has 2 unspecified atom stereocenters. The molecule has 1 heterocycles. The second kappa shape index (κ2) is 5.46. The van der Waals surface area contributed by atoms with Crippen LogP contribution in [0.2, 0.25) is 0 Å². The summed E-state index contributed by atoms with van der Waals surface area (Å²) in [6.45, 7) is 12.3. The lowest BCUT2D eigenvalue weighted by Gasteiger charge is -2.20. The standard InChI is InChI=1S/C17H25NO/c1-11-6-15(5)18(9-11)10-17(19)16-8-13(3)12(2)7-14(16)4/h7-8,11,15H,6,9-10H2,1-5H3. The number of nitrogens with zero attached hydrogens (tertiary/aromatic N) is 1. The number of aryl methyl sites for hydroxylation is 3. The van der Waals surface area contributed by atoms with E-state index >= 15 is 0 Å². The van der Waals surface area contributed by atoms with Crippen LogP contribution in [-0.4, -0.2) is 29.8 Å². The van der Waals surface area contributed by atoms with Crippen molar-refractivity contribution in [3.05, 3.63) is 34.4 Å². The Morgan fingerprint density at radius 2 is 1.79 bits per heavy atom. The van der Waals surface area contributed by atoms with E-state index in [0.29, 0.717) is 18.5 Å². The average Bonchev–Trinajstić information content (AvgIpc) is 2.62. The minimum absolute atomic E-state index is 0.265. The Morgan fingerprint density at radius 1 is 1.16 bits per heavy atom. The van der Waals surface area contributed by atoms with Gasteiger partial charge in [0.25, 0.3) is 0 Å². The van der Waals surface area contributed by atoms with Crippen LogP contribution in [-0.2, 0) is 0 Å². The first-order valence-corrected chi connectivity index (χ1v) is 7.23. The Kier molecular flexibility index (Phi) is 4.10. The van der Waals surface area contributed by atoms with Gasteiger partial charge in [0.2, 0.25) is 0 Å². The molecule has 1 saturated heterocycles. The van der Waals surface area contributed by atoms with Crippen LogP contribution in [0.3, 0.4) is 0 Å². The molecule has 0 saturated carbocycles. The van der Waals surface area contributed by atoms with Crippen molar-refractivity contribution in [2.75, 3.05) is 13.1 Å². The number of benzene rings is 1. The number of ketones is 1. The highest BCUT2D eigenvalue weighted by Crippen LogP contribution is 2.23. The molecule has 1 aliphatic heterocycles. The fourth-order valence-corrected chi connectivity index (χ4v) is 3.14. The van der Waals surface area contributed by atoms with Gasteiger partial charge in [-0.25, -0.2) is 0 Å². The van der Waals surface area contributed by atoms with Crippen molar-refractivity contribution < 1.29 is 4.79 Å². The minimum Gasteiger partial charge on any atom is -0.293 e. The highest BCUT2D eigenvalue weighted by atomic mass is 16.1. The predicted molar refractivity (Wildman–Crippen MR) is 79.8 cm³/mol. The molecule has 0 aliphatic carbocycles. The molecular formula is C17H25NO. The molecule has 104 valence electrons. The van der Waals surface area contributed by atoms with Crippen LogP contribution in [0.25, 0.3) is 0 Å². The van der Waals surface area contributed by atoms with Crippen LogP contribution in [0, 0.1) is 26.7 Å². The van der Waals surface area contributed by atoms with Gasteiger partial charge >= 0.3 is 0 Å². The smallest absolute Gasteiger partial charge is 0.177 e. The SMILES string of the molecule is Cc1cc(C)c(C(=O)CN2CC(C)CC2C)cc1C. The van der Waals surface area contributed by atoms with Crippen molar-refractivity contribution in [1.82, 2.24) is 4.90 Å². The molecular weight excluding hydrogens is 234 g/mol. The summed E-state index contributed by atoms with van der Waals surface area (Å²) in [7, 11) is 0. The maximum absolute atomic E-state index is 12.5. The first-order valence-electron chi connectivity index (χ1n) is 7.23. The molecule has 0 radical (unpaired) electrons. The van der Waals surface area contributed by atoms with Gasteiger partial charge in [0.1, 0.15) is 0 Å². The molecule has 2 rings (SSSR count). The van der Waals surface area contributed by atoms with Crippen molar-refractivity contribution in [2.45, 2.75) is 47.1 Å². The first-order chi connectivity index (χ1) is 8.88. The van der Waals surface area contributed by atoms with Gasteiger partial charge < -0.3 is 0 Å². The molecule has 0 bridgehead atoms. The van der Waals surface area contributed by atoms with Gasteiger partial charge in [-0.15, -0.1) is 0 Å². The zero-order chi connectivity index (χ0) is 14.2. The Balaban J connectivity index is 2.14. The molecule has 1 aliphatic rings. The molecule has 0 aromatic heterocycles. The van der Waals surface area contributed by atoms with E-state index in [9.17, 15) is 4.79 Å². The Morgan fingerprint density at radius 3 is 2.37 bits per heavy atom. The second-order valence-corrected chi connectivity index (χ2v) is 6.29. The highest BCUT2D eigenvalue weighted by molar-refractivity contribution is 5.99. The summed E-state index contributed by atoms with van der Waals surface area (Å²) in [6, 6.07) is 4.71. The number of Topliss-reactive ketones (excluding diaryl/α,β-unsaturated/α-hetero) is 1. The van der Waals surface area contributed by atoms with Gasteiger partial charge in [-0.2, -0.15) is 0 Å². The molecule has 2 atom stereocenters. The number of carbonyl (C=O) groups excluding carboxylic acids is 1. The fraction of sp³-hybridized carbons (Fsp3) is 0.588. The quantitative estimate of drug-likeness (QED) is 0.774. The molecule has 1 aromatic carbocycles. The van der Waals surface area contributed by atoms with Gasteiger partial charge in [0, 0.05) is 18.2 Å². The lowest BCUT2D eigenvalue weighted by Crippen LogP contribution is -2.33. The van der Waals surface area contributed by atoms with E-state index in [4.69, 9.17) is 0 Å². The third kappa shape index (κ3) is 3.06. The van der Waals surface area contributed by atoms with E-state index < -0.39 is 0 Å². The van der Waals surface area contributed by atoms with Gasteiger partial charge in [0.05, 0.1) is 6.54 Å². The maximum atomic E-state index is 12.5. The van der Waals surface area contributed by atoms with Crippen LogP contribution in [0.15, 0.2) is 12.1 Å². The second-order valence-electron chi connectivity index (χ2n) is 6.29. The van der Waals surface area contributed by atoms with Crippen molar-refractivity contribution in [3.8, 4) is 0 Å². The molecule has 19 heavy (non-hydrogen) atoms. The summed E-state index contributed by atoms with van der Waals surface area (Å²) in [5, 5.41) is 0. The number of carbonyl (C=O) groups is 1. The summed E-state index contributed by atoms with van der Waals surface area (Å²) in [4.78, 5) is 14.8. The third-order valence-corrected chi connectivity index (χ3v) is 4.40. The van der Waals surface area contributed by atoms with Crippen molar-refractivity contribution in [1.29, 1.82) is 0 Å². The minimum atomic E-state index is 0.265. The van der Waals surface area contributed by atoms with E-state index in [1.165, 1.54) is 17.5 Å². The monoisotopic (exact) mass is 259 g/mol. The normalized spacial score (nSPS) is 23.8. The number of hydrogen-bond acceptors (Lipinski definition) is 2. The Hall–Kier alpha value is -1.15. The molecule has 2 nitrogen and oxygen atoms in total. The lowest BCUT2D eigenvalue weighted by atomic mass is 9.98. The number of likely N-dealkylation sites (tertiary alicyclic amines) is 1. The van der Waals surface area contributed by atoms with Crippen LogP contribution in [0.1, 0.15) is 47.3 Å². The molecule has 2 heteroatoms. The Bertz CT molecular complexity index is 492. The van der Waals surface area contributed by atoms with Crippen LogP contribution >= 0.6 is 0 Å². The predicted octanol–water partition coefficient (Wildman–Crippen LogP) is 3.52. The molecule has 0 spiro atoms. The third-order valence-electron chi connectivity index (χ3n) is 4.40. The maximum Gasteiger partial charge on any atom is 0.177 e. The highest BCUT2D eigenvalue weighted by Gasteiger charge is 2.28. The zero-order valence-electron chi connectivity index (χ0n) is 12.8. The number of hydrogen-bond donors (Lipinski definition) is 0. The van der Waals surface area contributed by atoms with E-state index in [-0.39, 0.29) is 5.78 Å². The van der Waals surface area contributed by atoms with Crippen LogP contribution < -0.4 is 0 Å². The first kappa shape index (κ1) is 14.3. The van der Waals surface area contributed by atoms with Gasteiger partial charge in [0.15, 0.2) is 5.78 Å². The molecule has 1 aromatic rings. The van der Waals surface area contributed by atoms with Crippen LogP contribution in [0.5, 0.6) is 0 Å². The van der Waals surface area contributed by atoms with Crippen molar-refractivity contribution in [3.63, 3.8) is 0 Å². The molecule has 0 N–H and O–H groups in total. The summed E-state index contributed by atoms with van der Waals surface area (Å²) < 4.78 is 0. The van der Waals surface area contributed by atoms with E-state index in [1.807, 2.05) is 6.92 Å². The summed E-state index contributed by atoms with van der Waals surface area (Å²) in [5.74, 6) is 0.977. The van der Waals surface area contributed by atoms with Gasteiger partial charge in [-0.3, -0.25) is 9.69 Å². The summed E-state index contributed by atoms with van der Waals surface area (Å²) in [6.07, 6.45) is 1.21.